The molecular formula is C12H25NO2Si. The maximum Gasteiger partial charge on any atom is 0.220 e. The summed E-state index contributed by atoms with van der Waals surface area (Å²) in [6.45, 7) is 12.9. The molecule has 1 rings (SSSR count). The third-order valence-electron chi connectivity index (χ3n) is 3.85. The lowest BCUT2D eigenvalue weighted by Gasteiger charge is -2.37. The van der Waals surface area contributed by atoms with Crippen molar-refractivity contribution in [3.63, 3.8) is 0 Å². The van der Waals surface area contributed by atoms with Gasteiger partial charge >= 0.3 is 0 Å². The Morgan fingerprint density at radius 3 is 2.50 bits per heavy atom. The smallest absolute Gasteiger partial charge is 0.220 e. The van der Waals surface area contributed by atoms with Crippen LogP contribution in [0.2, 0.25) is 18.1 Å². The Morgan fingerprint density at radius 1 is 1.44 bits per heavy atom. The Bertz CT molecular complexity index is 248. The first-order valence-corrected chi connectivity index (χ1v) is 9.04. The summed E-state index contributed by atoms with van der Waals surface area (Å²) in [7, 11) is -1.62. The SMILES string of the molecule is CC(C)(C)[Si](C)(C)OCC1CCC(=O)NC1. The van der Waals surface area contributed by atoms with E-state index in [2.05, 4.69) is 39.2 Å². The number of piperidine rings is 1. The molecule has 1 N–H and O–H groups in total. The van der Waals surface area contributed by atoms with E-state index < -0.39 is 8.32 Å². The molecule has 1 saturated heterocycles. The zero-order valence-corrected chi connectivity index (χ0v) is 12.2. The molecule has 4 heteroatoms. The van der Waals surface area contributed by atoms with E-state index in [9.17, 15) is 4.79 Å². The molecular weight excluding hydrogens is 218 g/mol. The highest BCUT2D eigenvalue weighted by Crippen LogP contribution is 2.36. The first kappa shape index (κ1) is 13.7. The number of carbonyl (C=O) groups excluding carboxylic acids is 1. The molecule has 0 saturated carbocycles. The fourth-order valence-electron chi connectivity index (χ4n) is 1.47. The Morgan fingerprint density at radius 2 is 2.06 bits per heavy atom. The lowest BCUT2D eigenvalue weighted by atomic mass is 10.0. The average Bonchev–Trinajstić information content (AvgIpc) is 2.15. The van der Waals surface area contributed by atoms with Crippen molar-refractivity contribution < 1.29 is 9.22 Å². The second kappa shape index (κ2) is 4.88. The van der Waals surface area contributed by atoms with Crippen LogP contribution in [0.25, 0.3) is 0 Å². The van der Waals surface area contributed by atoms with Crippen LogP contribution >= 0.6 is 0 Å². The normalized spacial score (nSPS) is 23.1. The molecule has 3 nitrogen and oxygen atoms in total. The minimum absolute atomic E-state index is 0.184. The van der Waals surface area contributed by atoms with Crippen LogP contribution in [0.3, 0.4) is 0 Å². The molecule has 0 aromatic heterocycles. The molecule has 1 amide bonds. The molecule has 1 heterocycles. The van der Waals surface area contributed by atoms with Crippen molar-refractivity contribution >= 4 is 14.2 Å². The van der Waals surface area contributed by atoms with Gasteiger partial charge in [0.15, 0.2) is 8.32 Å². The number of hydrogen-bond donors (Lipinski definition) is 1. The van der Waals surface area contributed by atoms with Gasteiger partial charge in [-0.15, -0.1) is 0 Å². The van der Waals surface area contributed by atoms with Gasteiger partial charge in [0.1, 0.15) is 0 Å². The first-order valence-electron chi connectivity index (χ1n) is 6.13. The van der Waals surface area contributed by atoms with E-state index in [1.54, 1.807) is 0 Å². The average molecular weight is 243 g/mol. The van der Waals surface area contributed by atoms with Gasteiger partial charge in [0, 0.05) is 19.6 Å². The van der Waals surface area contributed by atoms with E-state index in [-0.39, 0.29) is 10.9 Å². The van der Waals surface area contributed by atoms with Crippen LogP contribution in [0.5, 0.6) is 0 Å². The topological polar surface area (TPSA) is 38.3 Å². The van der Waals surface area contributed by atoms with Gasteiger partial charge in [-0.1, -0.05) is 20.8 Å². The monoisotopic (exact) mass is 243 g/mol. The van der Waals surface area contributed by atoms with Gasteiger partial charge in [-0.05, 0) is 30.5 Å². The Balaban J connectivity index is 2.37. The maximum atomic E-state index is 11.0. The summed E-state index contributed by atoms with van der Waals surface area (Å²) >= 11 is 0. The van der Waals surface area contributed by atoms with E-state index in [0.717, 1.165) is 19.6 Å². The van der Waals surface area contributed by atoms with Crippen LogP contribution in [-0.4, -0.2) is 27.4 Å². The van der Waals surface area contributed by atoms with E-state index in [0.29, 0.717) is 12.3 Å². The Kier molecular flexibility index (Phi) is 4.18. The lowest BCUT2D eigenvalue weighted by molar-refractivity contribution is -0.123. The van der Waals surface area contributed by atoms with Crippen LogP contribution in [0, 0.1) is 5.92 Å². The highest BCUT2D eigenvalue weighted by molar-refractivity contribution is 6.74. The maximum absolute atomic E-state index is 11.0. The van der Waals surface area contributed by atoms with Crippen LogP contribution in [0.1, 0.15) is 33.6 Å². The van der Waals surface area contributed by atoms with E-state index in [1.165, 1.54) is 0 Å². The number of hydrogen-bond acceptors (Lipinski definition) is 2. The van der Waals surface area contributed by atoms with Crippen LogP contribution < -0.4 is 5.32 Å². The van der Waals surface area contributed by atoms with Crippen molar-refractivity contribution in [3.05, 3.63) is 0 Å². The molecule has 0 aliphatic carbocycles. The second-order valence-corrected chi connectivity index (χ2v) is 11.1. The van der Waals surface area contributed by atoms with Crippen molar-refractivity contribution in [1.29, 1.82) is 0 Å². The van der Waals surface area contributed by atoms with Gasteiger partial charge in [0.05, 0.1) is 0 Å². The van der Waals surface area contributed by atoms with Gasteiger partial charge in [0.25, 0.3) is 0 Å². The highest BCUT2D eigenvalue weighted by Gasteiger charge is 2.37. The molecule has 1 atom stereocenters. The summed E-state index contributed by atoms with van der Waals surface area (Å²) in [5.74, 6) is 0.690. The predicted octanol–water partition coefficient (Wildman–Crippen LogP) is 2.53. The van der Waals surface area contributed by atoms with Crippen molar-refractivity contribution in [2.24, 2.45) is 5.92 Å². The number of carbonyl (C=O) groups is 1. The molecule has 16 heavy (non-hydrogen) atoms. The zero-order valence-electron chi connectivity index (χ0n) is 11.2. The van der Waals surface area contributed by atoms with Crippen LogP contribution in [-0.2, 0) is 9.22 Å². The minimum Gasteiger partial charge on any atom is -0.416 e. The third kappa shape index (κ3) is 3.59. The fraction of sp³-hybridized carbons (Fsp3) is 0.917. The molecule has 1 aliphatic rings. The van der Waals surface area contributed by atoms with E-state index in [4.69, 9.17) is 4.43 Å². The van der Waals surface area contributed by atoms with Crippen molar-refractivity contribution in [2.75, 3.05) is 13.2 Å². The van der Waals surface area contributed by atoms with Crippen LogP contribution in [0.15, 0.2) is 0 Å². The summed E-state index contributed by atoms with van der Waals surface area (Å²) in [6.07, 6.45) is 1.63. The van der Waals surface area contributed by atoms with Gasteiger partial charge in [-0.3, -0.25) is 4.79 Å². The standard InChI is InChI=1S/C12H25NO2Si/c1-12(2,3)16(4,5)15-9-10-6-7-11(14)13-8-10/h10H,6-9H2,1-5H3,(H,13,14). The molecule has 0 spiro atoms. The zero-order chi connectivity index (χ0) is 12.4. The van der Waals surface area contributed by atoms with Crippen molar-refractivity contribution in [1.82, 2.24) is 5.32 Å². The number of amides is 1. The third-order valence-corrected chi connectivity index (χ3v) is 8.35. The molecule has 94 valence electrons. The molecule has 0 aromatic rings. The first-order chi connectivity index (χ1) is 7.22. The van der Waals surface area contributed by atoms with E-state index >= 15 is 0 Å². The second-order valence-electron chi connectivity index (χ2n) is 6.28. The fourth-order valence-corrected chi connectivity index (χ4v) is 2.55. The predicted molar refractivity (Wildman–Crippen MR) is 68.9 cm³/mol. The highest BCUT2D eigenvalue weighted by atomic mass is 28.4. The summed E-state index contributed by atoms with van der Waals surface area (Å²) < 4.78 is 6.16. The van der Waals surface area contributed by atoms with Crippen LogP contribution in [0.4, 0.5) is 0 Å². The number of rotatable bonds is 3. The Hall–Kier alpha value is -0.353. The Labute approximate surface area is 100 Å². The van der Waals surface area contributed by atoms with Gasteiger partial charge in [-0.25, -0.2) is 0 Å². The quantitative estimate of drug-likeness (QED) is 0.774. The van der Waals surface area contributed by atoms with Crippen molar-refractivity contribution in [2.45, 2.75) is 51.7 Å². The van der Waals surface area contributed by atoms with E-state index in [1.807, 2.05) is 0 Å². The molecule has 0 bridgehead atoms. The van der Waals surface area contributed by atoms with Gasteiger partial charge in [-0.2, -0.15) is 0 Å². The molecule has 0 aromatic carbocycles. The largest absolute Gasteiger partial charge is 0.416 e. The number of nitrogens with one attached hydrogen (secondary N) is 1. The molecule has 1 aliphatic heterocycles. The molecule has 1 unspecified atom stereocenters. The molecule has 1 fully saturated rings. The minimum atomic E-state index is -1.62. The molecule has 0 radical (unpaired) electrons. The van der Waals surface area contributed by atoms with Gasteiger partial charge in [0.2, 0.25) is 5.91 Å². The summed E-state index contributed by atoms with van der Waals surface area (Å²) in [6, 6.07) is 0. The van der Waals surface area contributed by atoms with Gasteiger partial charge < -0.3 is 9.74 Å². The lowest BCUT2D eigenvalue weighted by Crippen LogP contribution is -2.44. The summed E-state index contributed by atoms with van der Waals surface area (Å²) in [5.41, 5.74) is 0. The summed E-state index contributed by atoms with van der Waals surface area (Å²) in [5, 5.41) is 3.17. The van der Waals surface area contributed by atoms with Crippen molar-refractivity contribution in [3.8, 4) is 0 Å². The summed E-state index contributed by atoms with van der Waals surface area (Å²) in [4.78, 5) is 11.0.